The minimum atomic E-state index is -0.0615. The van der Waals surface area contributed by atoms with Crippen LogP contribution in [0.4, 0.5) is 0 Å². The minimum Gasteiger partial charge on any atom is -0.324 e. The van der Waals surface area contributed by atoms with Crippen LogP contribution in [0.1, 0.15) is 17.3 Å². The van der Waals surface area contributed by atoms with Crippen molar-refractivity contribution in [1.29, 1.82) is 0 Å². The molecule has 2 aromatic rings. The van der Waals surface area contributed by atoms with Crippen LogP contribution in [-0.2, 0) is 6.42 Å². The molecule has 2 rings (SSSR count). The number of halogens is 1. The molecule has 0 saturated carbocycles. The number of benzene rings is 1. The molecule has 82 valence electrons. The highest BCUT2D eigenvalue weighted by molar-refractivity contribution is 6.30. The summed E-state index contributed by atoms with van der Waals surface area (Å²) >= 11 is 5.92. The van der Waals surface area contributed by atoms with Gasteiger partial charge in [0.2, 0.25) is 0 Å². The molecule has 0 aliphatic rings. The zero-order valence-corrected chi connectivity index (χ0v) is 9.56. The highest BCUT2D eigenvalue weighted by Crippen LogP contribution is 2.18. The van der Waals surface area contributed by atoms with Crippen LogP contribution in [0.15, 0.2) is 48.7 Å². The number of aromatic nitrogens is 1. The average molecular weight is 233 g/mol. The summed E-state index contributed by atoms with van der Waals surface area (Å²) in [5.74, 6) is 0. The van der Waals surface area contributed by atoms with E-state index in [-0.39, 0.29) is 6.04 Å². The molecule has 2 N–H and O–H groups in total. The third-order valence-corrected chi connectivity index (χ3v) is 2.67. The van der Waals surface area contributed by atoms with Crippen LogP contribution in [0.25, 0.3) is 0 Å². The van der Waals surface area contributed by atoms with E-state index in [2.05, 4.69) is 4.98 Å². The van der Waals surface area contributed by atoms with Crippen molar-refractivity contribution in [1.82, 2.24) is 4.98 Å². The second-order valence-corrected chi connectivity index (χ2v) is 4.12. The fourth-order valence-electron chi connectivity index (χ4n) is 1.60. The molecule has 0 radical (unpaired) electrons. The van der Waals surface area contributed by atoms with Gasteiger partial charge in [-0.05, 0) is 29.8 Å². The first-order chi connectivity index (χ1) is 7.75. The Morgan fingerprint density at radius 3 is 2.75 bits per heavy atom. The van der Waals surface area contributed by atoms with Crippen LogP contribution >= 0.6 is 11.6 Å². The van der Waals surface area contributed by atoms with Gasteiger partial charge in [-0.2, -0.15) is 0 Å². The number of pyridine rings is 1. The average Bonchev–Trinajstić information content (AvgIpc) is 2.30. The van der Waals surface area contributed by atoms with E-state index in [4.69, 9.17) is 17.3 Å². The van der Waals surface area contributed by atoms with Gasteiger partial charge in [0.25, 0.3) is 0 Å². The first kappa shape index (κ1) is 11.1. The van der Waals surface area contributed by atoms with Crippen LogP contribution in [0, 0.1) is 0 Å². The van der Waals surface area contributed by atoms with Crippen molar-refractivity contribution in [2.24, 2.45) is 5.73 Å². The lowest BCUT2D eigenvalue weighted by Crippen LogP contribution is -2.13. The number of nitrogens with zero attached hydrogens (tertiary/aromatic N) is 1. The maximum absolute atomic E-state index is 6.10. The lowest BCUT2D eigenvalue weighted by Gasteiger charge is -2.11. The number of rotatable bonds is 3. The largest absolute Gasteiger partial charge is 0.324 e. The summed E-state index contributed by atoms with van der Waals surface area (Å²) in [7, 11) is 0. The minimum absolute atomic E-state index is 0.0615. The first-order valence-electron chi connectivity index (χ1n) is 5.16. The molecule has 0 aliphatic heterocycles. The van der Waals surface area contributed by atoms with Gasteiger partial charge in [0.1, 0.15) is 0 Å². The molecular weight excluding hydrogens is 220 g/mol. The summed E-state index contributed by atoms with van der Waals surface area (Å²) in [6, 6.07) is 13.4. The molecule has 2 nitrogen and oxygen atoms in total. The Kier molecular flexibility index (Phi) is 3.54. The molecule has 1 atom stereocenters. The summed E-state index contributed by atoms with van der Waals surface area (Å²) in [6.45, 7) is 0. The van der Waals surface area contributed by atoms with Crippen molar-refractivity contribution in [3.63, 3.8) is 0 Å². The Bertz CT molecular complexity index is 456. The molecule has 0 amide bonds. The van der Waals surface area contributed by atoms with Crippen molar-refractivity contribution >= 4 is 11.6 Å². The number of hydrogen-bond donors (Lipinski definition) is 1. The van der Waals surface area contributed by atoms with E-state index in [0.717, 1.165) is 17.7 Å². The van der Waals surface area contributed by atoms with Crippen LogP contribution in [0.3, 0.4) is 0 Å². The third-order valence-electron chi connectivity index (χ3n) is 2.43. The molecule has 3 heteroatoms. The SMILES string of the molecule is NC(Cc1ccccn1)c1cccc(Cl)c1. The second kappa shape index (κ2) is 5.10. The van der Waals surface area contributed by atoms with Crippen LogP contribution in [0.5, 0.6) is 0 Å². The zero-order chi connectivity index (χ0) is 11.4. The molecule has 1 heterocycles. The van der Waals surface area contributed by atoms with Crippen molar-refractivity contribution in [2.75, 3.05) is 0 Å². The quantitative estimate of drug-likeness (QED) is 0.884. The lowest BCUT2D eigenvalue weighted by molar-refractivity contribution is 0.707. The fraction of sp³-hybridized carbons (Fsp3) is 0.154. The van der Waals surface area contributed by atoms with E-state index >= 15 is 0 Å². The molecule has 1 unspecified atom stereocenters. The van der Waals surface area contributed by atoms with Gasteiger partial charge in [0.05, 0.1) is 0 Å². The standard InChI is InChI=1S/C13H13ClN2/c14-11-5-3-4-10(8-11)13(15)9-12-6-1-2-7-16-12/h1-8,13H,9,15H2. The van der Waals surface area contributed by atoms with Gasteiger partial charge in [-0.25, -0.2) is 0 Å². The summed E-state index contributed by atoms with van der Waals surface area (Å²) in [5, 5.41) is 0.717. The molecule has 0 spiro atoms. The van der Waals surface area contributed by atoms with Gasteiger partial charge in [-0.3, -0.25) is 4.98 Å². The van der Waals surface area contributed by atoms with E-state index in [0.29, 0.717) is 5.02 Å². The number of nitrogens with two attached hydrogens (primary N) is 1. The van der Waals surface area contributed by atoms with E-state index in [1.807, 2.05) is 42.5 Å². The van der Waals surface area contributed by atoms with Crippen molar-refractivity contribution in [3.05, 3.63) is 64.9 Å². The summed E-state index contributed by atoms with van der Waals surface area (Å²) < 4.78 is 0. The molecule has 0 bridgehead atoms. The molecule has 16 heavy (non-hydrogen) atoms. The number of hydrogen-bond acceptors (Lipinski definition) is 2. The van der Waals surface area contributed by atoms with E-state index in [9.17, 15) is 0 Å². The molecule has 0 saturated heterocycles. The predicted octanol–water partition coefficient (Wildman–Crippen LogP) is 2.98. The monoisotopic (exact) mass is 232 g/mol. The van der Waals surface area contributed by atoms with Crippen LogP contribution < -0.4 is 5.73 Å². The Morgan fingerprint density at radius 1 is 1.19 bits per heavy atom. The normalized spacial score (nSPS) is 12.4. The Morgan fingerprint density at radius 2 is 2.06 bits per heavy atom. The van der Waals surface area contributed by atoms with E-state index in [1.54, 1.807) is 6.20 Å². The first-order valence-corrected chi connectivity index (χ1v) is 5.54. The van der Waals surface area contributed by atoms with Crippen LogP contribution in [-0.4, -0.2) is 4.98 Å². The fourth-order valence-corrected chi connectivity index (χ4v) is 1.80. The Balaban J connectivity index is 2.12. The maximum Gasteiger partial charge on any atom is 0.0422 e. The summed E-state index contributed by atoms with van der Waals surface area (Å²) in [5.41, 5.74) is 8.13. The van der Waals surface area contributed by atoms with Crippen molar-refractivity contribution in [3.8, 4) is 0 Å². The molecule has 1 aromatic heterocycles. The smallest absolute Gasteiger partial charge is 0.0422 e. The second-order valence-electron chi connectivity index (χ2n) is 3.69. The highest BCUT2D eigenvalue weighted by atomic mass is 35.5. The van der Waals surface area contributed by atoms with E-state index < -0.39 is 0 Å². The van der Waals surface area contributed by atoms with Gasteiger partial charge in [0.15, 0.2) is 0 Å². The van der Waals surface area contributed by atoms with Crippen molar-refractivity contribution in [2.45, 2.75) is 12.5 Å². The van der Waals surface area contributed by atoms with Crippen molar-refractivity contribution < 1.29 is 0 Å². The summed E-state index contributed by atoms with van der Waals surface area (Å²) in [6.07, 6.45) is 2.50. The maximum atomic E-state index is 6.10. The van der Waals surface area contributed by atoms with Gasteiger partial charge in [-0.15, -0.1) is 0 Å². The molecule has 0 aliphatic carbocycles. The topological polar surface area (TPSA) is 38.9 Å². The van der Waals surface area contributed by atoms with E-state index in [1.165, 1.54) is 0 Å². The van der Waals surface area contributed by atoms with Gasteiger partial charge in [0, 0.05) is 29.4 Å². The van der Waals surface area contributed by atoms with Gasteiger partial charge in [-0.1, -0.05) is 29.8 Å². The Hall–Kier alpha value is -1.38. The molecule has 1 aromatic carbocycles. The predicted molar refractivity (Wildman–Crippen MR) is 66.3 cm³/mol. The highest BCUT2D eigenvalue weighted by Gasteiger charge is 2.07. The summed E-state index contributed by atoms with van der Waals surface area (Å²) in [4.78, 5) is 4.25. The lowest BCUT2D eigenvalue weighted by atomic mass is 10.0. The Labute approximate surface area is 100 Å². The van der Waals surface area contributed by atoms with Gasteiger partial charge >= 0.3 is 0 Å². The molecular formula is C13H13ClN2. The third kappa shape index (κ3) is 2.81. The zero-order valence-electron chi connectivity index (χ0n) is 8.81. The van der Waals surface area contributed by atoms with Gasteiger partial charge < -0.3 is 5.73 Å². The molecule has 0 fully saturated rings. The van der Waals surface area contributed by atoms with Crippen LogP contribution in [0.2, 0.25) is 5.02 Å².